The Morgan fingerprint density at radius 3 is 2.31 bits per heavy atom. The lowest BCUT2D eigenvalue weighted by Crippen LogP contribution is -2.39. The zero-order chi connectivity index (χ0) is 26.8. The topological polar surface area (TPSA) is 43.8 Å². The molecule has 0 spiro atoms. The van der Waals surface area contributed by atoms with E-state index >= 15 is 0 Å². The van der Waals surface area contributed by atoms with E-state index < -0.39 is 6.10 Å². The molecule has 1 N–H and O–H groups in total. The number of fused-ring (bicyclic) bond motifs is 1. The molecular formula is C34H35FN2O2. The second-order valence-electron chi connectivity index (χ2n) is 11.1. The van der Waals surface area contributed by atoms with Crippen molar-refractivity contribution < 1.29 is 14.3 Å². The highest BCUT2D eigenvalue weighted by atomic mass is 19.1. The van der Waals surface area contributed by atoms with Gasteiger partial charge in [-0.1, -0.05) is 78.9 Å². The highest BCUT2D eigenvalue weighted by Crippen LogP contribution is 2.37. The average molecular weight is 523 g/mol. The Hall–Kier alpha value is -3.54. The third-order valence-electron chi connectivity index (χ3n) is 8.77. The second-order valence-corrected chi connectivity index (χ2v) is 11.1. The van der Waals surface area contributed by atoms with Crippen LogP contribution in [0.1, 0.15) is 46.3 Å². The number of carbonyl (C=O) groups excluding carboxylic acids is 1. The number of halogens is 1. The van der Waals surface area contributed by atoms with Crippen molar-refractivity contribution in [3.05, 3.63) is 120 Å². The lowest BCUT2D eigenvalue weighted by Gasteiger charge is -2.35. The van der Waals surface area contributed by atoms with Crippen LogP contribution in [0.15, 0.2) is 97.1 Å². The fourth-order valence-corrected chi connectivity index (χ4v) is 6.61. The SMILES string of the molecule is O=C(c1cccc2ccccc12)N1C[C@@H](CN2CCC(c3ccc(F)cc3)CC2)[C@H](C(O)c2ccccc2)C1. The molecule has 5 heteroatoms. The number of benzene rings is 4. The van der Waals surface area contributed by atoms with Crippen molar-refractivity contribution >= 4 is 16.7 Å². The molecule has 0 radical (unpaired) electrons. The first-order valence-corrected chi connectivity index (χ1v) is 14.0. The van der Waals surface area contributed by atoms with Crippen LogP contribution in [0, 0.1) is 17.7 Å². The van der Waals surface area contributed by atoms with Gasteiger partial charge in [0.2, 0.25) is 0 Å². The van der Waals surface area contributed by atoms with Crippen LogP contribution in [-0.2, 0) is 0 Å². The van der Waals surface area contributed by atoms with E-state index in [1.807, 2.05) is 89.8 Å². The van der Waals surface area contributed by atoms with Crippen molar-refractivity contribution in [2.45, 2.75) is 24.9 Å². The highest BCUT2D eigenvalue weighted by molar-refractivity contribution is 6.07. The van der Waals surface area contributed by atoms with Crippen molar-refractivity contribution in [3.63, 3.8) is 0 Å². The molecule has 4 nitrogen and oxygen atoms in total. The van der Waals surface area contributed by atoms with Gasteiger partial charge in [0.15, 0.2) is 0 Å². The molecule has 39 heavy (non-hydrogen) atoms. The Labute approximate surface area is 229 Å². The second kappa shape index (κ2) is 11.3. The fourth-order valence-electron chi connectivity index (χ4n) is 6.61. The molecule has 2 aliphatic rings. The zero-order valence-corrected chi connectivity index (χ0v) is 22.1. The van der Waals surface area contributed by atoms with Crippen LogP contribution in [-0.4, -0.2) is 53.5 Å². The highest BCUT2D eigenvalue weighted by Gasteiger charge is 2.41. The molecule has 0 aromatic heterocycles. The van der Waals surface area contributed by atoms with E-state index in [1.54, 1.807) is 12.1 Å². The Bertz CT molecular complexity index is 1410. The lowest BCUT2D eigenvalue weighted by atomic mass is 9.85. The number of piperidine rings is 1. The summed E-state index contributed by atoms with van der Waals surface area (Å²) in [5, 5.41) is 13.5. The molecule has 4 aromatic carbocycles. The van der Waals surface area contributed by atoms with Crippen LogP contribution in [0.2, 0.25) is 0 Å². The van der Waals surface area contributed by atoms with Gasteiger partial charge in [-0.2, -0.15) is 0 Å². The predicted molar refractivity (Wildman–Crippen MR) is 153 cm³/mol. The normalized spacial score (nSPS) is 21.3. The van der Waals surface area contributed by atoms with E-state index in [0.717, 1.165) is 54.4 Å². The smallest absolute Gasteiger partial charge is 0.254 e. The maximum atomic E-state index is 13.8. The van der Waals surface area contributed by atoms with Crippen LogP contribution in [0.5, 0.6) is 0 Å². The van der Waals surface area contributed by atoms with Gasteiger partial charge in [-0.05, 0) is 77.9 Å². The van der Waals surface area contributed by atoms with Crippen LogP contribution in [0.3, 0.4) is 0 Å². The molecule has 0 bridgehead atoms. The third-order valence-corrected chi connectivity index (χ3v) is 8.77. The number of aliphatic hydroxyl groups is 1. The van der Waals surface area contributed by atoms with Crippen molar-refractivity contribution in [1.82, 2.24) is 9.80 Å². The van der Waals surface area contributed by atoms with Crippen LogP contribution in [0.4, 0.5) is 4.39 Å². The Morgan fingerprint density at radius 2 is 1.54 bits per heavy atom. The molecule has 0 saturated carbocycles. The minimum absolute atomic E-state index is 0.0366. The molecule has 4 aromatic rings. The van der Waals surface area contributed by atoms with E-state index in [4.69, 9.17) is 0 Å². The molecule has 0 aliphatic carbocycles. The summed E-state index contributed by atoms with van der Waals surface area (Å²) in [4.78, 5) is 18.3. The molecule has 2 heterocycles. The van der Waals surface area contributed by atoms with E-state index in [9.17, 15) is 14.3 Å². The van der Waals surface area contributed by atoms with Crippen LogP contribution < -0.4 is 0 Å². The number of likely N-dealkylation sites (tertiary alicyclic amines) is 2. The first kappa shape index (κ1) is 25.7. The Balaban J connectivity index is 1.19. The fraction of sp³-hybridized carbons (Fsp3) is 0.324. The first-order valence-electron chi connectivity index (χ1n) is 14.0. The first-order chi connectivity index (χ1) is 19.1. The maximum Gasteiger partial charge on any atom is 0.254 e. The van der Waals surface area contributed by atoms with Crippen molar-refractivity contribution in [2.75, 3.05) is 32.7 Å². The summed E-state index contributed by atoms with van der Waals surface area (Å²) >= 11 is 0. The van der Waals surface area contributed by atoms with Gasteiger partial charge >= 0.3 is 0 Å². The van der Waals surface area contributed by atoms with Gasteiger partial charge in [-0.15, -0.1) is 0 Å². The van der Waals surface area contributed by atoms with Gasteiger partial charge in [-0.3, -0.25) is 4.79 Å². The van der Waals surface area contributed by atoms with E-state index in [2.05, 4.69) is 4.90 Å². The quantitative estimate of drug-likeness (QED) is 0.324. The minimum Gasteiger partial charge on any atom is -0.388 e. The summed E-state index contributed by atoms with van der Waals surface area (Å²) in [6.45, 7) is 3.95. The average Bonchev–Trinajstić information content (AvgIpc) is 3.41. The standard InChI is InChI=1S/C34H35FN2O2/c35-29-15-13-24(14-16-29)25-17-19-36(20-18-25)21-28-22-37(23-32(28)33(38)27-8-2-1-3-9-27)34(39)31-12-6-10-26-7-4-5-11-30(26)31/h1-16,25,28,32-33,38H,17-23H2/t28-,32-,33?/m1/s1. The van der Waals surface area contributed by atoms with E-state index in [-0.39, 0.29) is 23.6 Å². The number of hydrogen-bond donors (Lipinski definition) is 1. The number of carbonyl (C=O) groups is 1. The molecule has 2 fully saturated rings. The molecular weight excluding hydrogens is 487 g/mol. The van der Waals surface area contributed by atoms with E-state index in [1.165, 1.54) is 5.56 Å². The molecule has 1 unspecified atom stereocenters. The van der Waals surface area contributed by atoms with Crippen LogP contribution >= 0.6 is 0 Å². The van der Waals surface area contributed by atoms with Crippen molar-refractivity contribution in [1.29, 1.82) is 0 Å². The molecule has 3 atom stereocenters. The van der Waals surface area contributed by atoms with Gasteiger partial charge in [0.1, 0.15) is 5.82 Å². The zero-order valence-electron chi connectivity index (χ0n) is 22.1. The van der Waals surface area contributed by atoms with Crippen molar-refractivity contribution in [2.24, 2.45) is 11.8 Å². The summed E-state index contributed by atoms with van der Waals surface area (Å²) in [5.74, 6) is 0.417. The number of nitrogens with zero attached hydrogens (tertiary/aromatic N) is 2. The van der Waals surface area contributed by atoms with Gasteiger partial charge < -0.3 is 14.9 Å². The number of aliphatic hydroxyl groups excluding tert-OH is 1. The number of hydrogen-bond acceptors (Lipinski definition) is 3. The van der Waals surface area contributed by atoms with Crippen molar-refractivity contribution in [3.8, 4) is 0 Å². The third kappa shape index (κ3) is 5.47. The van der Waals surface area contributed by atoms with Crippen LogP contribution in [0.25, 0.3) is 10.8 Å². The Morgan fingerprint density at radius 1 is 0.846 bits per heavy atom. The lowest BCUT2D eigenvalue weighted by molar-refractivity contribution is 0.0701. The van der Waals surface area contributed by atoms with Gasteiger partial charge in [0, 0.05) is 31.1 Å². The molecule has 1 amide bonds. The molecule has 200 valence electrons. The summed E-state index contributed by atoms with van der Waals surface area (Å²) in [5.41, 5.74) is 2.84. The number of rotatable bonds is 6. The maximum absolute atomic E-state index is 13.8. The summed E-state index contributed by atoms with van der Waals surface area (Å²) in [6, 6.07) is 30.7. The largest absolute Gasteiger partial charge is 0.388 e. The summed E-state index contributed by atoms with van der Waals surface area (Å²) in [7, 11) is 0. The summed E-state index contributed by atoms with van der Waals surface area (Å²) < 4.78 is 13.4. The van der Waals surface area contributed by atoms with Gasteiger partial charge in [0.05, 0.1) is 6.10 Å². The van der Waals surface area contributed by atoms with E-state index in [0.29, 0.717) is 19.0 Å². The predicted octanol–water partition coefficient (Wildman–Crippen LogP) is 6.28. The Kier molecular flexibility index (Phi) is 7.45. The molecule has 2 aliphatic heterocycles. The van der Waals surface area contributed by atoms with Gasteiger partial charge in [-0.25, -0.2) is 4.39 Å². The van der Waals surface area contributed by atoms with Gasteiger partial charge in [0.25, 0.3) is 5.91 Å². The molecule has 2 saturated heterocycles. The minimum atomic E-state index is -0.627. The monoisotopic (exact) mass is 522 g/mol. The summed E-state index contributed by atoms with van der Waals surface area (Å²) in [6.07, 6.45) is 1.43. The number of amides is 1. The molecule has 6 rings (SSSR count).